The van der Waals surface area contributed by atoms with Crippen LogP contribution in [-0.2, 0) is 19.6 Å². The molecule has 8 nitrogen and oxygen atoms in total. The first-order valence-corrected chi connectivity index (χ1v) is 10.2. The fourth-order valence-corrected chi connectivity index (χ4v) is 3.41. The molecule has 0 bridgehead atoms. The number of nitrogens with one attached hydrogen (secondary N) is 1. The maximum atomic E-state index is 12.4. The van der Waals surface area contributed by atoms with Crippen LogP contribution in [0.3, 0.4) is 0 Å². The van der Waals surface area contributed by atoms with E-state index < -0.39 is 10.0 Å². The van der Waals surface area contributed by atoms with E-state index in [9.17, 15) is 13.2 Å². The summed E-state index contributed by atoms with van der Waals surface area (Å²) in [6, 6.07) is 4.81. The Morgan fingerprint density at radius 3 is 2.73 bits per heavy atom. The van der Waals surface area contributed by atoms with Gasteiger partial charge < -0.3 is 19.5 Å². The van der Waals surface area contributed by atoms with Gasteiger partial charge in [-0.15, -0.1) is 0 Å². The van der Waals surface area contributed by atoms with Crippen LogP contribution in [0.25, 0.3) is 0 Å². The zero-order valence-corrected chi connectivity index (χ0v) is 16.2. The smallest absolute Gasteiger partial charge is 0.240 e. The van der Waals surface area contributed by atoms with Crippen molar-refractivity contribution in [1.29, 1.82) is 0 Å². The number of carbonyl (C=O) groups is 1. The molecule has 0 aromatic heterocycles. The van der Waals surface area contributed by atoms with E-state index in [1.165, 1.54) is 6.92 Å². The molecule has 1 aliphatic rings. The molecular formula is C17H26N2O6S. The first-order chi connectivity index (χ1) is 12.3. The Morgan fingerprint density at radius 2 is 2.04 bits per heavy atom. The monoisotopic (exact) mass is 386 g/mol. The summed E-state index contributed by atoms with van der Waals surface area (Å²) in [6.07, 6.45) is 0.802. The molecule has 26 heavy (non-hydrogen) atoms. The zero-order valence-electron chi connectivity index (χ0n) is 15.4. The van der Waals surface area contributed by atoms with E-state index in [1.807, 2.05) is 13.8 Å². The van der Waals surface area contributed by atoms with Gasteiger partial charge >= 0.3 is 0 Å². The normalized spacial score (nSPS) is 13.1. The second-order valence-electron chi connectivity index (χ2n) is 6.07. The summed E-state index contributed by atoms with van der Waals surface area (Å²) in [6.45, 7) is 6.19. The number of benzene rings is 1. The number of sulfonamides is 1. The maximum absolute atomic E-state index is 12.4. The molecule has 0 unspecified atom stereocenters. The average Bonchev–Trinajstić information content (AvgIpc) is 3.06. The van der Waals surface area contributed by atoms with Crippen molar-refractivity contribution in [2.24, 2.45) is 0 Å². The van der Waals surface area contributed by atoms with E-state index in [0.29, 0.717) is 36.8 Å². The van der Waals surface area contributed by atoms with Gasteiger partial charge in [0.25, 0.3) is 0 Å². The number of hydrogen-bond acceptors (Lipinski definition) is 6. The summed E-state index contributed by atoms with van der Waals surface area (Å²) >= 11 is 0. The van der Waals surface area contributed by atoms with Gasteiger partial charge in [0.1, 0.15) is 6.54 Å². The summed E-state index contributed by atoms with van der Waals surface area (Å²) in [5.74, 6) is 0.531. The van der Waals surface area contributed by atoms with Gasteiger partial charge in [-0.1, -0.05) is 0 Å². The number of fused-ring (bicyclic) bond motifs is 1. The predicted octanol–water partition coefficient (Wildman–Crippen LogP) is 1.50. The topological polar surface area (TPSA) is 94.2 Å². The van der Waals surface area contributed by atoms with E-state index >= 15 is 0 Å². The van der Waals surface area contributed by atoms with Crippen LogP contribution in [-0.4, -0.2) is 52.7 Å². The van der Waals surface area contributed by atoms with E-state index in [1.54, 1.807) is 18.2 Å². The van der Waals surface area contributed by atoms with Gasteiger partial charge in [0.05, 0.1) is 17.5 Å². The zero-order chi connectivity index (χ0) is 19.2. The molecule has 0 aliphatic carbocycles. The highest BCUT2D eigenvalue weighted by Gasteiger charge is 2.25. The summed E-state index contributed by atoms with van der Waals surface area (Å²) in [5.41, 5.74) is 0.370. The quantitative estimate of drug-likeness (QED) is 0.613. The number of nitrogens with zero attached hydrogens (tertiary/aromatic N) is 1. The minimum Gasteiger partial charge on any atom is -0.454 e. The Bertz CT molecular complexity index is 720. The molecular weight excluding hydrogens is 360 g/mol. The number of carbonyl (C=O) groups excluding carboxylic acids is 1. The minimum atomic E-state index is -3.62. The van der Waals surface area contributed by atoms with Crippen molar-refractivity contribution in [2.75, 3.05) is 36.5 Å². The van der Waals surface area contributed by atoms with Crippen LogP contribution in [0.2, 0.25) is 0 Å². The number of amides is 1. The maximum Gasteiger partial charge on any atom is 0.240 e. The van der Waals surface area contributed by atoms with Crippen molar-refractivity contribution in [3.8, 4) is 11.5 Å². The van der Waals surface area contributed by atoms with Gasteiger partial charge in [-0.3, -0.25) is 9.10 Å². The van der Waals surface area contributed by atoms with Gasteiger partial charge in [-0.25, -0.2) is 8.42 Å². The van der Waals surface area contributed by atoms with Crippen LogP contribution >= 0.6 is 0 Å². The first kappa shape index (κ1) is 20.3. The molecule has 1 aromatic rings. The van der Waals surface area contributed by atoms with Crippen molar-refractivity contribution in [1.82, 2.24) is 5.32 Å². The molecule has 1 N–H and O–H groups in total. The first-order valence-electron chi connectivity index (χ1n) is 8.62. The van der Waals surface area contributed by atoms with Gasteiger partial charge in [0.2, 0.25) is 22.7 Å². The number of ether oxygens (including phenoxy) is 3. The van der Waals surface area contributed by atoms with Crippen molar-refractivity contribution in [3.05, 3.63) is 18.2 Å². The van der Waals surface area contributed by atoms with Crippen LogP contribution in [0.1, 0.15) is 27.2 Å². The van der Waals surface area contributed by atoms with E-state index in [-0.39, 0.29) is 31.1 Å². The number of hydrogen-bond donors (Lipinski definition) is 1. The molecule has 0 atom stereocenters. The van der Waals surface area contributed by atoms with Gasteiger partial charge in [0.15, 0.2) is 11.5 Å². The molecule has 1 aliphatic heterocycles. The Balaban J connectivity index is 2.01. The highest BCUT2D eigenvalue weighted by Crippen LogP contribution is 2.36. The fraction of sp³-hybridized carbons (Fsp3) is 0.588. The van der Waals surface area contributed by atoms with Crippen LogP contribution < -0.4 is 19.1 Å². The Morgan fingerprint density at radius 1 is 1.31 bits per heavy atom. The SMILES string of the molecule is CCS(=O)(=O)N(CC(=O)NCCCOC(C)C)c1ccc2c(c1)OCO2. The van der Waals surface area contributed by atoms with Gasteiger partial charge in [-0.2, -0.15) is 0 Å². The average molecular weight is 386 g/mol. The van der Waals surface area contributed by atoms with Gasteiger partial charge in [0, 0.05) is 19.2 Å². The molecule has 9 heteroatoms. The van der Waals surface area contributed by atoms with Crippen molar-refractivity contribution < 1.29 is 27.4 Å². The van der Waals surface area contributed by atoms with Crippen LogP contribution in [0, 0.1) is 0 Å². The second-order valence-corrected chi connectivity index (χ2v) is 8.25. The lowest BCUT2D eigenvalue weighted by Crippen LogP contribution is -2.42. The lowest BCUT2D eigenvalue weighted by Gasteiger charge is -2.23. The van der Waals surface area contributed by atoms with Crippen molar-refractivity contribution >= 4 is 21.6 Å². The fourth-order valence-electron chi connectivity index (χ4n) is 2.35. The third kappa shape index (κ3) is 5.50. The molecule has 1 heterocycles. The van der Waals surface area contributed by atoms with Crippen LogP contribution in [0.5, 0.6) is 11.5 Å². The molecule has 146 valence electrons. The summed E-state index contributed by atoms with van der Waals surface area (Å²) < 4.78 is 41.9. The van der Waals surface area contributed by atoms with E-state index in [0.717, 1.165) is 4.31 Å². The highest BCUT2D eigenvalue weighted by atomic mass is 32.2. The molecule has 0 fully saturated rings. The number of anilines is 1. The molecule has 2 rings (SSSR count). The molecule has 1 amide bonds. The third-order valence-corrected chi connectivity index (χ3v) is 5.47. The molecule has 0 saturated carbocycles. The Labute approximate surface area is 154 Å². The van der Waals surface area contributed by atoms with E-state index in [2.05, 4.69) is 5.32 Å². The Hall–Kier alpha value is -2.00. The van der Waals surface area contributed by atoms with Crippen LogP contribution in [0.4, 0.5) is 5.69 Å². The standard InChI is InChI=1S/C17H26N2O6S/c1-4-26(21,22)19(11-17(20)18-8-5-9-23-13(2)3)14-6-7-15-16(10-14)25-12-24-15/h6-7,10,13H,4-5,8-9,11-12H2,1-3H3,(H,18,20). The molecule has 0 radical (unpaired) electrons. The lowest BCUT2D eigenvalue weighted by atomic mass is 10.3. The molecule has 0 spiro atoms. The lowest BCUT2D eigenvalue weighted by molar-refractivity contribution is -0.119. The second kappa shape index (κ2) is 9.09. The summed E-state index contributed by atoms with van der Waals surface area (Å²) in [4.78, 5) is 12.2. The largest absolute Gasteiger partial charge is 0.454 e. The summed E-state index contributed by atoms with van der Waals surface area (Å²) in [7, 11) is -3.62. The third-order valence-electron chi connectivity index (χ3n) is 3.73. The van der Waals surface area contributed by atoms with Gasteiger partial charge in [-0.05, 0) is 39.3 Å². The minimum absolute atomic E-state index is 0.0955. The molecule has 1 aromatic carbocycles. The van der Waals surface area contributed by atoms with E-state index in [4.69, 9.17) is 14.2 Å². The Kier molecular flexibility index (Phi) is 7.10. The molecule has 0 saturated heterocycles. The number of rotatable bonds is 10. The predicted molar refractivity (Wildman–Crippen MR) is 98.1 cm³/mol. The van der Waals surface area contributed by atoms with Crippen molar-refractivity contribution in [3.63, 3.8) is 0 Å². The summed E-state index contributed by atoms with van der Waals surface area (Å²) in [5, 5.41) is 2.72. The van der Waals surface area contributed by atoms with Crippen molar-refractivity contribution in [2.45, 2.75) is 33.3 Å². The van der Waals surface area contributed by atoms with Crippen LogP contribution in [0.15, 0.2) is 18.2 Å². The highest BCUT2D eigenvalue weighted by molar-refractivity contribution is 7.92.